The Kier molecular flexibility index (Phi) is 4.87. The predicted octanol–water partition coefficient (Wildman–Crippen LogP) is 3.03. The quantitative estimate of drug-likeness (QED) is 0.765. The van der Waals surface area contributed by atoms with Gasteiger partial charge in [0.1, 0.15) is 0 Å². The standard InChI is InChI=1S/C15H30N2/c1-4-15-7-5-6-10-17(15)13(3)12(2)11-16-14-8-9-14/h12-16H,4-11H2,1-3H3. The first-order valence-electron chi connectivity index (χ1n) is 7.71. The van der Waals surface area contributed by atoms with Gasteiger partial charge in [0.15, 0.2) is 0 Å². The molecule has 1 saturated carbocycles. The number of rotatable bonds is 6. The van der Waals surface area contributed by atoms with Crippen LogP contribution in [-0.2, 0) is 0 Å². The summed E-state index contributed by atoms with van der Waals surface area (Å²) in [6.07, 6.45) is 8.40. The molecule has 0 bridgehead atoms. The van der Waals surface area contributed by atoms with Gasteiger partial charge in [-0.3, -0.25) is 4.90 Å². The fraction of sp³-hybridized carbons (Fsp3) is 1.00. The van der Waals surface area contributed by atoms with Gasteiger partial charge >= 0.3 is 0 Å². The zero-order valence-corrected chi connectivity index (χ0v) is 11.9. The van der Waals surface area contributed by atoms with Crippen molar-refractivity contribution in [2.45, 2.75) is 77.4 Å². The van der Waals surface area contributed by atoms with Crippen LogP contribution in [0.3, 0.4) is 0 Å². The zero-order chi connectivity index (χ0) is 12.3. The van der Waals surface area contributed by atoms with Crippen molar-refractivity contribution < 1.29 is 0 Å². The smallest absolute Gasteiger partial charge is 0.0108 e. The molecule has 2 rings (SSSR count). The Balaban J connectivity index is 1.80. The van der Waals surface area contributed by atoms with Gasteiger partial charge in [-0.25, -0.2) is 0 Å². The van der Waals surface area contributed by atoms with Crippen LogP contribution in [0.25, 0.3) is 0 Å². The highest BCUT2D eigenvalue weighted by Crippen LogP contribution is 2.25. The first-order chi connectivity index (χ1) is 8.22. The Hall–Kier alpha value is -0.0800. The lowest BCUT2D eigenvalue weighted by Gasteiger charge is -2.42. The van der Waals surface area contributed by atoms with Crippen LogP contribution < -0.4 is 5.32 Å². The van der Waals surface area contributed by atoms with E-state index in [0.29, 0.717) is 0 Å². The van der Waals surface area contributed by atoms with Crippen LogP contribution in [-0.4, -0.2) is 36.1 Å². The number of nitrogens with one attached hydrogen (secondary N) is 1. The second-order valence-corrected chi connectivity index (χ2v) is 6.20. The summed E-state index contributed by atoms with van der Waals surface area (Å²) in [6, 6.07) is 2.45. The molecule has 2 aliphatic rings. The van der Waals surface area contributed by atoms with Gasteiger partial charge in [0.25, 0.3) is 0 Å². The summed E-state index contributed by atoms with van der Waals surface area (Å²) < 4.78 is 0. The Labute approximate surface area is 107 Å². The third kappa shape index (κ3) is 3.69. The lowest BCUT2D eigenvalue weighted by atomic mass is 9.93. The molecule has 0 aromatic rings. The van der Waals surface area contributed by atoms with Crippen LogP contribution in [0, 0.1) is 5.92 Å². The van der Waals surface area contributed by atoms with Crippen molar-refractivity contribution in [1.82, 2.24) is 10.2 Å². The van der Waals surface area contributed by atoms with Gasteiger partial charge in [0.2, 0.25) is 0 Å². The Bertz CT molecular complexity index is 225. The van der Waals surface area contributed by atoms with Gasteiger partial charge in [0, 0.05) is 18.1 Å². The first-order valence-corrected chi connectivity index (χ1v) is 7.71. The van der Waals surface area contributed by atoms with Crippen molar-refractivity contribution in [3.63, 3.8) is 0 Å². The third-order valence-electron chi connectivity index (χ3n) is 4.80. The molecule has 0 aromatic carbocycles. The van der Waals surface area contributed by atoms with Crippen molar-refractivity contribution in [2.75, 3.05) is 13.1 Å². The molecular formula is C15H30N2. The lowest BCUT2D eigenvalue weighted by molar-refractivity contribution is 0.0721. The Morgan fingerprint density at radius 2 is 1.94 bits per heavy atom. The van der Waals surface area contributed by atoms with Gasteiger partial charge in [0.05, 0.1) is 0 Å². The molecule has 2 heteroatoms. The third-order valence-corrected chi connectivity index (χ3v) is 4.80. The van der Waals surface area contributed by atoms with Crippen LogP contribution >= 0.6 is 0 Å². The molecule has 1 heterocycles. The highest BCUT2D eigenvalue weighted by molar-refractivity contribution is 4.86. The first kappa shape index (κ1) is 13.4. The lowest BCUT2D eigenvalue weighted by Crippen LogP contribution is -2.49. The molecule has 0 spiro atoms. The fourth-order valence-electron chi connectivity index (χ4n) is 3.13. The maximum atomic E-state index is 3.68. The molecule has 100 valence electrons. The van der Waals surface area contributed by atoms with Crippen LogP contribution in [0.5, 0.6) is 0 Å². The molecule has 17 heavy (non-hydrogen) atoms. The van der Waals surface area contributed by atoms with Crippen LogP contribution in [0.1, 0.15) is 59.3 Å². The van der Waals surface area contributed by atoms with Crippen molar-refractivity contribution >= 4 is 0 Å². The Morgan fingerprint density at radius 1 is 1.18 bits per heavy atom. The molecule has 1 aliphatic carbocycles. The van der Waals surface area contributed by atoms with Gasteiger partial charge < -0.3 is 5.32 Å². The summed E-state index contributed by atoms with van der Waals surface area (Å²) in [7, 11) is 0. The van der Waals surface area contributed by atoms with Crippen molar-refractivity contribution in [3.8, 4) is 0 Å². The highest BCUT2D eigenvalue weighted by atomic mass is 15.2. The molecule has 0 radical (unpaired) electrons. The molecule has 1 saturated heterocycles. The topological polar surface area (TPSA) is 15.3 Å². The number of piperidine rings is 1. The normalized spacial score (nSPS) is 30.2. The van der Waals surface area contributed by atoms with Crippen LogP contribution in [0.4, 0.5) is 0 Å². The van der Waals surface area contributed by atoms with E-state index in [1.54, 1.807) is 0 Å². The molecule has 1 aliphatic heterocycles. The molecule has 1 N–H and O–H groups in total. The minimum Gasteiger partial charge on any atom is -0.314 e. The minimum absolute atomic E-state index is 0.742. The van der Waals surface area contributed by atoms with Gasteiger partial charge in [-0.1, -0.05) is 20.3 Å². The number of nitrogens with zero attached hydrogens (tertiary/aromatic N) is 1. The highest BCUT2D eigenvalue weighted by Gasteiger charge is 2.29. The zero-order valence-electron chi connectivity index (χ0n) is 11.9. The molecule has 2 nitrogen and oxygen atoms in total. The van der Waals surface area contributed by atoms with Crippen LogP contribution in [0.15, 0.2) is 0 Å². The van der Waals surface area contributed by atoms with Gasteiger partial charge in [-0.2, -0.15) is 0 Å². The van der Waals surface area contributed by atoms with E-state index < -0.39 is 0 Å². The maximum Gasteiger partial charge on any atom is 0.0108 e. The van der Waals surface area contributed by atoms with E-state index in [-0.39, 0.29) is 0 Å². The van der Waals surface area contributed by atoms with E-state index >= 15 is 0 Å². The molecule has 0 aromatic heterocycles. The van der Waals surface area contributed by atoms with E-state index in [1.807, 2.05) is 0 Å². The summed E-state index contributed by atoms with van der Waals surface area (Å²) in [6.45, 7) is 9.74. The van der Waals surface area contributed by atoms with E-state index in [4.69, 9.17) is 0 Å². The summed E-state index contributed by atoms with van der Waals surface area (Å²) in [5.74, 6) is 0.780. The number of likely N-dealkylation sites (tertiary alicyclic amines) is 1. The SMILES string of the molecule is CCC1CCCCN1C(C)C(C)CNC1CC1. The Morgan fingerprint density at radius 3 is 2.59 bits per heavy atom. The van der Waals surface area contributed by atoms with Crippen molar-refractivity contribution in [3.05, 3.63) is 0 Å². The van der Waals surface area contributed by atoms with E-state index in [2.05, 4.69) is 31.0 Å². The van der Waals surface area contributed by atoms with E-state index in [1.165, 1.54) is 51.6 Å². The monoisotopic (exact) mass is 238 g/mol. The summed E-state index contributed by atoms with van der Waals surface area (Å²) in [5.41, 5.74) is 0. The molecular weight excluding hydrogens is 208 g/mol. The predicted molar refractivity (Wildman–Crippen MR) is 74.3 cm³/mol. The summed E-state index contributed by atoms with van der Waals surface area (Å²) in [4.78, 5) is 2.78. The molecule has 3 atom stereocenters. The largest absolute Gasteiger partial charge is 0.314 e. The van der Waals surface area contributed by atoms with Crippen molar-refractivity contribution in [1.29, 1.82) is 0 Å². The summed E-state index contributed by atoms with van der Waals surface area (Å²) >= 11 is 0. The molecule has 3 unspecified atom stereocenters. The van der Waals surface area contributed by atoms with E-state index in [9.17, 15) is 0 Å². The second kappa shape index (κ2) is 6.19. The molecule has 2 fully saturated rings. The average Bonchev–Trinajstić information content (AvgIpc) is 3.19. The number of hydrogen-bond donors (Lipinski definition) is 1. The van der Waals surface area contributed by atoms with Gasteiger partial charge in [-0.05, 0) is 58.0 Å². The van der Waals surface area contributed by atoms with Crippen LogP contribution in [0.2, 0.25) is 0 Å². The fourth-order valence-corrected chi connectivity index (χ4v) is 3.13. The number of hydrogen-bond acceptors (Lipinski definition) is 2. The second-order valence-electron chi connectivity index (χ2n) is 6.20. The average molecular weight is 238 g/mol. The molecule has 0 amide bonds. The van der Waals surface area contributed by atoms with Gasteiger partial charge in [-0.15, -0.1) is 0 Å². The minimum atomic E-state index is 0.742. The van der Waals surface area contributed by atoms with Crippen molar-refractivity contribution in [2.24, 2.45) is 5.92 Å². The van der Waals surface area contributed by atoms with E-state index in [0.717, 1.165) is 24.0 Å². The maximum absolute atomic E-state index is 3.68. The summed E-state index contributed by atoms with van der Waals surface area (Å²) in [5, 5.41) is 3.68.